The predicted molar refractivity (Wildman–Crippen MR) is 125 cm³/mol. The van der Waals surface area contributed by atoms with Gasteiger partial charge in [-0.1, -0.05) is 24.3 Å². The lowest BCUT2D eigenvalue weighted by Crippen LogP contribution is -2.41. The molecule has 0 bridgehead atoms. The molecule has 0 saturated carbocycles. The van der Waals surface area contributed by atoms with Crippen LogP contribution in [-0.2, 0) is 4.79 Å². The average molecular weight is 418 g/mol. The number of aryl methyl sites for hydroxylation is 3. The zero-order valence-electron chi connectivity index (χ0n) is 18.6. The molecule has 1 amide bonds. The van der Waals surface area contributed by atoms with Crippen LogP contribution in [0.4, 0.5) is 5.82 Å². The van der Waals surface area contributed by atoms with E-state index in [2.05, 4.69) is 71.1 Å². The number of hydrogen-bond acceptors (Lipinski definition) is 3. The Morgan fingerprint density at radius 2 is 1.74 bits per heavy atom. The molecule has 3 heterocycles. The Morgan fingerprint density at radius 3 is 2.35 bits per heavy atom. The van der Waals surface area contributed by atoms with Gasteiger partial charge in [0, 0.05) is 36.9 Å². The van der Waals surface area contributed by atoms with E-state index in [0.717, 1.165) is 48.8 Å². The third-order valence-corrected chi connectivity index (χ3v) is 6.09. The Labute approximate surface area is 184 Å². The Balaban J connectivity index is 1.73. The molecule has 4 rings (SSSR count). The smallest absolute Gasteiger partial charge is 0.223 e. The molecule has 0 spiro atoms. The minimum absolute atomic E-state index is 0.0453. The minimum atomic E-state index is 0.0453. The quantitative estimate of drug-likeness (QED) is 0.614. The molecular formula is C25H31N5O. The molecule has 0 aliphatic carbocycles. The maximum Gasteiger partial charge on any atom is 0.223 e. The van der Waals surface area contributed by atoms with Crippen LogP contribution < -0.4 is 10.2 Å². The zero-order valence-corrected chi connectivity index (χ0v) is 18.6. The van der Waals surface area contributed by atoms with E-state index in [1.807, 2.05) is 18.2 Å². The first-order valence-corrected chi connectivity index (χ1v) is 10.9. The standard InChI is InChI=1S/C25H31N5O/c1-5-15-26-24(31)21-13-16-28(17-14-21)25-23(29-18(2)11-12-19(29)3)20(4)27-30(25)22-9-7-6-8-10-22/h5-12,21H,1,13-17H2,2-4H3,(H,26,31). The van der Waals surface area contributed by atoms with Crippen LogP contribution in [0.3, 0.4) is 0 Å². The summed E-state index contributed by atoms with van der Waals surface area (Å²) in [6, 6.07) is 14.6. The van der Waals surface area contributed by atoms with Crippen molar-refractivity contribution in [3.8, 4) is 11.4 Å². The molecule has 6 nitrogen and oxygen atoms in total. The Hall–Kier alpha value is -3.28. The fourth-order valence-corrected chi connectivity index (χ4v) is 4.49. The number of hydrogen-bond donors (Lipinski definition) is 1. The first kappa shape index (κ1) is 21.0. The third-order valence-electron chi connectivity index (χ3n) is 6.09. The lowest BCUT2D eigenvalue weighted by atomic mass is 9.96. The van der Waals surface area contributed by atoms with E-state index in [-0.39, 0.29) is 11.8 Å². The van der Waals surface area contributed by atoms with Gasteiger partial charge in [0.25, 0.3) is 0 Å². The van der Waals surface area contributed by atoms with Crippen LogP contribution in [0, 0.1) is 26.7 Å². The Bertz CT molecular complexity index is 1050. The summed E-state index contributed by atoms with van der Waals surface area (Å²) in [6.07, 6.45) is 3.37. The highest BCUT2D eigenvalue weighted by Crippen LogP contribution is 2.35. The van der Waals surface area contributed by atoms with Crippen molar-refractivity contribution in [2.24, 2.45) is 5.92 Å². The van der Waals surface area contributed by atoms with Crippen LogP contribution in [0.5, 0.6) is 0 Å². The van der Waals surface area contributed by atoms with Crippen molar-refractivity contribution in [3.63, 3.8) is 0 Å². The van der Waals surface area contributed by atoms with Crippen molar-refractivity contribution in [3.05, 3.63) is 72.2 Å². The number of carbonyl (C=O) groups is 1. The van der Waals surface area contributed by atoms with Crippen LogP contribution in [0.1, 0.15) is 29.9 Å². The number of piperidine rings is 1. The van der Waals surface area contributed by atoms with Crippen molar-refractivity contribution < 1.29 is 4.79 Å². The number of aromatic nitrogens is 3. The highest BCUT2D eigenvalue weighted by atomic mass is 16.1. The summed E-state index contributed by atoms with van der Waals surface area (Å²) in [7, 11) is 0. The van der Waals surface area contributed by atoms with Gasteiger partial charge in [0.05, 0.1) is 11.4 Å². The van der Waals surface area contributed by atoms with Gasteiger partial charge in [-0.25, -0.2) is 4.68 Å². The maximum atomic E-state index is 12.4. The summed E-state index contributed by atoms with van der Waals surface area (Å²) in [6.45, 7) is 12.2. The van der Waals surface area contributed by atoms with Crippen molar-refractivity contribution in [1.82, 2.24) is 19.7 Å². The summed E-state index contributed by atoms with van der Waals surface area (Å²) < 4.78 is 4.35. The predicted octanol–water partition coefficient (Wildman–Crippen LogP) is 4.11. The SMILES string of the molecule is C=CCNC(=O)C1CCN(c2c(-n3c(C)ccc3C)c(C)nn2-c2ccccc2)CC1. The van der Waals surface area contributed by atoms with Crippen molar-refractivity contribution >= 4 is 11.7 Å². The van der Waals surface area contributed by atoms with Gasteiger partial charge in [0.15, 0.2) is 5.82 Å². The summed E-state index contributed by atoms with van der Waals surface area (Å²) in [4.78, 5) is 14.8. The van der Waals surface area contributed by atoms with E-state index in [1.54, 1.807) is 6.08 Å². The number of nitrogens with zero attached hydrogens (tertiary/aromatic N) is 4. The second kappa shape index (κ2) is 8.84. The van der Waals surface area contributed by atoms with E-state index >= 15 is 0 Å². The van der Waals surface area contributed by atoms with Gasteiger partial charge in [-0.2, -0.15) is 5.10 Å². The zero-order chi connectivity index (χ0) is 22.0. The van der Waals surface area contributed by atoms with Gasteiger partial charge in [-0.15, -0.1) is 6.58 Å². The molecule has 31 heavy (non-hydrogen) atoms. The van der Waals surface area contributed by atoms with Crippen molar-refractivity contribution in [2.75, 3.05) is 24.5 Å². The second-order valence-electron chi connectivity index (χ2n) is 8.25. The molecule has 1 aromatic carbocycles. The minimum Gasteiger partial charge on any atom is -0.355 e. The summed E-state index contributed by atoms with van der Waals surface area (Å²) in [5.41, 5.74) is 5.53. The van der Waals surface area contributed by atoms with E-state index < -0.39 is 0 Å². The molecule has 1 saturated heterocycles. The van der Waals surface area contributed by atoms with Crippen LogP contribution in [0.15, 0.2) is 55.1 Å². The molecule has 6 heteroatoms. The lowest BCUT2D eigenvalue weighted by molar-refractivity contribution is -0.125. The van der Waals surface area contributed by atoms with Gasteiger partial charge < -0.3 is 14.8 Å². The van der Waals surface area contributed by atoms with E-state index in [9.17, 15) is 4.79 Å². The van der Waals surface area contributed by atoms with Gasteiger partial charge in [-0.05, 0) is 57.9 Å². The van der Waals surface area contributed by atoms with E-state index in [4.69, 9.17) is 5.10 Å². The number of carbonyl (C=O) groups excluding carboxylic acids is 1. The first-order valence-electron chi connectivity index (χ1n) is 10.9. The van der Waals surface area contributed by atoms with Crippen LogP contribution in [-0.4, -0.2) is 39.9 Å². The van der Waals surface area contributed by atoms with Crippen molar-refractivity contribution in [2.45, 2.75) is 33.6 Å². The molecule has 0 radical (unpaired) electrons. The molecule has 1 fully saturated rings. The van der Waals surface area contributed by atoms with Gasteiger partial charge in [0.1, 0.15) is 5.69 Å². The van der Waals surface area contributed by atoms with Gasteiger partial charge in [0.2, 0.25) is 5.91 Å². The fraction of sp³-hybridized carbons (Fsp3) is 0.360. The maximum absolute atomic E-state index is 12.4. The van der Waals surface area contributed by atoms with Crippen LogP contribution in [0.2, 0.25) is 0 Å². The lowest BCUT2D eigenvalue weighted by Gasteiger charge is -2.34. The molecule has 0 unspecified atom stereocenters. The molecule has 3 aromatic rings. The number of amides is 1. The van der Waals surface area contributed by atoms with Crippen LogP contribution >= 0.6 is 0 Å². The fourth-order valence-electron chi connectivity index (χ4n) is 4.49. The number of para-hydroxylation sites is 1. The topological polar surface area (TPSA) is 55.1 Å². The second-order valence-corrected chi connectivity index (χ2v) is 8.25. The number of nitrogens with one attached hydrogen (secondary N) is 1. The largest absolute Gasteiger partial charge is 0.355 e. The molecule has 0 atom stereocenters. The molecule has 1 aliphatic heterocycles. The number of benzene rings is 1. The van der Waals surface area contributed by atoms with Crippen molar-refractivity contribution in [1.29, 1.82) is 0 Å². The van der Waals surface area contributed by atoms with Crippen LogP contribution in [0.25, 0.3) is 11.4 Å². The molecule has 162 valence electrons. The normalized spacial score (nSPS) is 14.6. The Morgan fingerprint density at radius 1 is 1.10 bits per heavy atom. The summed E-state index contributed by atoms with van der Waals surface area (Å²) in [5, 5.41) is 7.90. The van der Waals surface area contributed by atoms with E-state index in [1.165, 1.54) is 11.4 Å². The highest BCUT2D eigenvalue weighted by Gasteiger charge is 2.30. The molecule has 1 aliphatic rings. The highest BCUT2D eigenvalue weighted by molar-refractivity contribution is 5.79. The molecular weight excluding hydrogens is 386 g/mol. The molecule has 1 N–H and O–H groups in total. The monoisotopic (exact) mass is 417 g/mol. The van der Waals surface area contributed by atoms with Gasteiger partial charge in [-0.3, -0.25) is 4.79 Å². The average Bonchev–Trinajstić information content (AvgIpc) is 3.30. The summed E-state index contributed by atoms with van der Waals surface area (Å²) in [5.74, 6) is 1.27. The third kappa shape index (κ3) is 4.02. The molecule has 2 aromatic heterocycles. The number of anilines is 1. The van der Waals surface area contributed by atoms with Gasteiger partial charge >= 0.3 is 0 Å². The first-order chi connectivity index (χ1) is 15.0. The summed E-state index contributed by atoms with van der Waals surface area (Å²) >= 11 is 0. The Kier molecular flexibility index (Phi) is 5.98. The number of rotatable bonds is 6. The van der Waals surface area contributed by atoms with E-state index in [0.29, 0.717) is 6.54 Å².